The van der Waals surface area contributed by atoms with Gasteiger partial charge in [0.25, 0.3) is 5.69 Å². The van der Waals surface area contributed by atoms with Crippen LogP contribution < -0.4 is 0 Å². The van der Waals surface area contributed by atoms with Crippen LogP contribution in [0.3, 0.4) is 0 Å². The average molecular weight is 415 g/mol. The van der Waals surface area contributed by atoms with E-state index in [1.165, 1.54) is 17.0 Å². The topological polar surface area (TPSA) is 101 Å². The first kappa shape index (κ1) is 17.2. The summed E-state index contributed by atoms with van der Waals surface area (Å²) in [5.74, 6) is -1.17. The van der Waals surface area contributed by atoms with Gasteiger partial charge in [-0.2, -0.15) is 0 Å². The number of aliphatic carboxylic acids is 1. The highest BCUT2D eigenvalue weighted by Crippen LogP contribution is 2.51. The molecule has 3 rings (SSSR count). The van der Waals surface area contributed by atoms with E-state index in [4.69, 9.17) is 0 Å². The largest absolute Gasteiger partial charge is 0.480 e. The molecule has 128 valence electrons. The smallest absolute Gasteiger partial charge is 0.327 e. The standard InChI is InChI=1S/C15H15BrN2O5S/c1-15(16)10(6-8-2-4-9(5-3-8)18(22)23)24-12-7-11(19)17(12)13(15)14(20)21/h2-5,10,12-13H,6-7H2,1H3,(H,20,21)/t10?,12-,13?,15?/m1/s1. The van der Waals surface area contributed by atoms with Crippen LogP contribution in [0.25, 0.3) is 0 Å². The van der Waals surface area contributed by atoms with Gasteiger partial charge in [0.05, 0.1) is 21.0 Å². The molecule has 0 aliphatic carbocycles. The fraction of sp³-hybridized carbons (Fsp3) is 0.467. The Kier molecular flexibility index (Phi) is 4.33. The summed E-state index contributed by atoms with van der Waals surface area (Å²) >= 11 is 5.13. The highest BCUT2D eigenvalue weighted by Gasteiger charge is 2.59. The number of β-lactam (4-membered cyclic amide) rings is 1. The lowest BCUT2D eigenvalue weighted by molar-refractivity contribution is -0.384. The Hall–Kier alpha value is -1.61. The summed E-state index contributed by atoms with van der Waals surface area (Å²) in [5.41, 5.74) is 0.919. The zero-order valence-electron chi connectivity index (χ0n) is 12.7. The van der Waals surface area contributed by atoms with Crippen LogP contribution in [0.4, 0.5) is 5.69 Å². The van der Waals surface area contributed by atoms with Crippen LogP contribution >= 0.6 is 27.7 Å². The molecule has 9 heteroatoms. The third-order valence-corrected chi connectivity index (χ3v) is 7.50. The zero-order valence-corrected chi connectivity index (χ0v) is 15.1. The second-order valence-electron chi connectivity index (χ2n) is 6.10. The molecule has 0 bridgehead atoms. The van der Waals surface area contributed by atoms with Gasteiger partial charge in [0, 0.05) is 17.4 Å². The van der Waals surface area contributed by atoms with Crippen molar-refractivity contribution in [2.24, 2.45) is 0 Å². The van der Waals surface area contributed by atoms with Gasteiger partial charge in [-0.05, 0) is 18.9 Å². The molecule has 2 fully saturated rings. The predicted octanol–water partition coefficient (Wildman–Crippen LogP) is 2.42. The van der Waals surface area contributed by atoms with Crippen LogP contribution in [-0.4, -0.2) is 47.8 Å². The third-order valence-electron chi connectivity index (χ3n) is 4.51. The van der Waals surface area contributed by atoms with Crippen LogP contribution in [0.5, 0.6) is 0 Å². The lowest BCUT2D eigenvalue weighted by Crippen LogP contribution is -2.70. The Morgan fingerprint density at radius 1 is 1.50 bits per heavy atom. The monoisotopic (exact) mass is 414 g/mol. The number of fused-ring (bicyclic) bond motifs is 1. The van der Waals surface area contributed by atoms with Crippen LogP contribution in [0.15, 0.2) is 24.3 Å². The Morgan fingerprint density at radius 2 is 2.12 bits per heavy atom. The maximum absolute atomic E-state index is 11.8. The number of amides is 1. The van der Waals surface area contributed by atoms with Crippen molar-refractivity contribution < 1.29 is 19.6 Å². The Labute approximate surface area is 150 Å². The van der Waals surface area contributed by atoms with Crippen LogP contribution in [-0.2, 0) is 16.0 Å². The Bertz CT molecular complexity index is 708. The number of halogens is 1. The maximum Gasteiger partial charge on any atom is 0.327 e. The molecule has 3 unspecified atom stereocenters. The van der Waals surface area contributed by atoms with Crippen molar-refractivity contribution in [1.29, 1.82) is 0 Å². The van der Waals surface area contributed by atoms with Crippen molar-refractivity contribution in [2.75, 3.05) is 0 Å². The van der Waals surface area contributed by atoms with Crippen molar-refractivity contribution >= 4 is 45.3 Å². The van der Waals surface area contributed by atoms with Gasteiger partial charge in [0.2, 0.25) is 5.91 Å². The first-order valence-electron chi connectivity index (χ1n) is 7.33. The van der Waals surface area contributed by atoms with Crippen molar-refractivity contribution in [3.63, 3.8) is 0 Å². The van der Waals surface area contributed by atoms with E-state index in [0.717, 1.165) is 5.56 Å². The summed E-state index contributed by atoms with van der Waals surface area (Å²) in [6.45, 7) is 1.79. The number of nitro groups is 1. The Balaban J connectivity index is 1.83. The van der Waals surface area contributed by atoms with Crippen molar-refractivity contribution in [1.82, 2.24) is 4.90 Å². The molecule has 1 amide bonds. The molecule has 4 atom stereocenters. The molecule has 1 aromatic carbocycles. The molecule has 7 nitrogen and oxygen atoms in total. The SMILES string of the molecule is CC1(Br)C(Cc2ccc([N+](=O)[O-])cc2)S[C@@H]2CC(=O)N2C1C(=O)O. The molecular weight excluding hydrogens is 400 g/mol. The summed E-state index contributed by atoms with van der Waals surface area (Å²) in [7, 11) is 0. The maximum atomic E-state index is 11.8. The van der Waals surface area contributed by atoms with Crippen LogP contribution in [0.2, 0.25) is 0 Å². The number of hydrogen-bond donors (Lipinski definition) is 1. The number of non-ortho nitro benzene ring substituents is 1. The van der Waals surface area contributed by atoms with E-state index in [0.29, 0.717) is 12.8 Å². The highest BCUT2D eigenvalue weighted by molar-refractivity contribution is 9.10. The van der Waals surface area contributed by atoms with E-state index >= 15 is 0 Å². The van der Waals surface area contributed by atoms with Crippen LogP contribution in [0.1, 0.15) is 18.9 Å². The van der Waals surface area contributed by atoms with E-state index in [-0.39, 0.29) is 22.2 Å². The van der Waals surface area contributed by atoms with E-state index in [9.17, 15) is 24.8 Å². The normalized spacial score (nSPS) is 32.0. The number of nitrogens with zero attached hydrogens (tertiary/aromatic N) is 2. The number of thioether (sulfide) groups is 1. The van der Waals surface area contributed by atoms with Gasteiger partial charge in [-0.15, -0.1) is 11.8 Å². The average Bonchev–Trinajstić information content (AvgIpc) is 2.50. The number of hydrogen-bond acceptors (Lipinski definition) is 5. The van der Waals surface area contributed by atoms with E-state index in [2.05, 4.69) is 15.9 Å². The van der Waals surface area contributed by atoms with Crippen molar-refractivity contribution in [3.05, 3.63) is 39.9 Å². The van der Waals surface area contributed by atoms with E-state index < -0.39 is 21.3 Å². The number of benzene rings is 1. The first-order chi connectivity index (χ1) is 11.2. The second-order valence-corrected chi connectivity index (χ2v) is 9.20. The third kappa shape index (κ3) is 2.79. The summed E-state index contributed by atoms with van der Waals surface area (Å²) in [5, 5.41) is 20.1. The van der Waals surface area contributed by atoms with Gasteiger partial charge in [-0.25, -0.2) is 4.79 Å². The first-order valence-corrected chi connectivity index (χ1v) is 9.07. The number of nitro benzene ring substituents is 1. The van der Waals surface area contributed by atoms with Gasteiger partial charge in [-0.1, -0.05) is 28.1 Å². The molecule has 0 aromatic heterocycles. The number of carboxylic acid groups (broad SMARTS) is 1. The zero-order chi connectivity index (χ0) is 17.6. The molecule has 1 aromatic rings. The van der Waals surface area contributed by atoms with E-state index in [1.807, 2.05) is 0 Å². The minimum Gasteiger partial charge on any atom is -0.480 e. The van der Waals surface area contributed by atoms with E-state index in [1.54, 1.807) is 30.8 Å². The molecular formula is C15H15BrN2O5S. The molecule has 2 heterocycles. The van der Waals surface area contributed by atoms with Crippen molar-refractivity contribution in [2.45, 2.75) is 40.8 Å². The fourth-order valence-corrected chi connectivity index (χ4v) is 5.75. The summed E-state index contributed by atoms with van der Waals surface area (Å²) in [6.07, 6.45) is 0.918. The lowest BCUT2D eigenvalue weighted by Gasteiger charge is -2.55. The predicted molar refractivity (Wildman–Crippen MR) is 92.2 cm³/mol. The molecule has 0 spiro atoms. The molecule has 1 N–H and O–H groups in total. The van der Waals surface area contributed by atoms with Crippen molar-refractivity contribution in [3.8, 4) is 0 Å². The number of rotatable bonds is 4. The van der Waals surface area contributed by atoms with Gasteiger partial charge in [-0.3, -0.25) is 14.9 Å². The number of carboxylic acids is 1. The van der Waals surface area contributed by atoms with Gasteiger partial charge in [0.15, 0.2) is 0 Å². The minimum atomic E-state index is -1.03. The lowest BCUT2D eigenvalue weighted by atomic mass is 9.89. The molecule has 2 saturated heterocycles. The summed E-state index contributed by atoms with van der Waals surface area (Å²) < 4.78 is -0.794. The van der Waals surface area contributed by atoms with Gasteiger partial charge in [0.1, 0.15) is 6.04 Å². The fourth-order valence-electron chi connectivity index (χ4n) is 3.17. The number of carbonyl (C=O) groups excluding carboxylic acids is 1. The summed E-state index contributed by atoms with van der Waals surface area (Å²) in [4.78, 5) is 35.2. The second kappa shape index (κ2) is 6.03. The van der Waals surface area contributed by atoms with Gasteiger partial charge >= 0.3 is 5.97 Å². The minimum absolute atomic E-state index is 0.0239. The Morgan fingerprint density at radius 3 is 2.62 bits per heavy atom. The molecule has 0 radical (unpaired) electrons. The molecule has 2 aliphatic rings. The summed E-state index contributed by atoms with van der Waals surface area (Å²) in [6, 6.07) is 5.35. The number of alkyl halides is 1. The highest BCUT2D eigenvalue weighted by atomic mass is 79.9. The van der Waals surface area contributed by atoms with Crippen LogP contribution in [0, 0.1) is 10.1 Å². The molecule has 0 saturated carbocycles. The molecule has 24 heavy (non-hydrogen) atoms. The number of carbonyl (C=O) groups is 2. The molecule has 2 aliphatic heterocycles. The quantitative estimate of drug-likeness (QED) is 0.351. The van der Waals surface area contributed by atoms with Gasteiger partial charge < -0.3 is 10.0 Å².